The Morgan fingerprint density at radius 3 is 1.58 bits per heavy atom. The summed E-state index contributed by atoms with van der Waals surface area (Å²) in [6.07, 6.45) is 22.3. The highest BCUT2D eigenvalue weighted by molar-refractivity contribution is 5.76. The maximum absolute atomic E-state index is 13.0. The van der Waals surface area contributed by atoms with Crippen LogP contribution in [0.25, 0.3) is 0 Å². The largest absolute Gasteiger partial charge is 0.394 e. The molecule has 0 radical (unpaired) electrons. The van der Waals surface area contributed by atoms with Crippen LogP contribution in [0, 0.1) is 0 Å². The molecule has 2 saturated heterocycles. The summed E-state index contributed by atoms with van der Waals surface area (Å²) in [5.74, 6) is -0.262. The zero-order valence-corrected chi connectivity index (χ0v) is 38.1. The predicted octanol–water partition coefficient (Wildman–Crippen LogP) is 5.54. The summed E-state index contributed by atoms with van der Waals surface area (Å²) in [7, 11) is 0. The van der Waals surface area contributed by atoms with E-state index in [0.717, 1.165) is 51.4 Å². The maximum atomic E-state index is 13.0. The Morgan fingerprint density at radius 1 is 0.565 bits per heavy atom. The Labute approximate surface area is 372 Å². The molecule has 0 saturated carbocycles. The molecule has 2 fully saturated rings. The first-order valence-corrected chi connectivity index (χ1v) is 24.2. The van der Waals surface area contributed by atoms with E-state index in [9.17, 15) is 45.6 Å². The molecule has 0 aliphatic carbocycles. The topological polar surface area (TPSA) is 228 Å². The molecule has 2 heterocycles. The third-order valence-corrected chi connectivity index (χ3v) is 11.8. The average molecular weight is 886 g/mol. The summed E-state index contributed by atoms with van der Waals surface area (Å²) in [6, 6.07) is -0.931. The van der Waals surface area contributed by atoms with Crippen molar-refractivity contribution in [3.8, 4) is 0 Å². The summed E-state index contributed by atoms with van der Waals surface area (Å²) in [5.41, 5.74) is 0. The van der Waals surface area contributed by atoms with Gasteiger partial charge in [-0.15, -0.1) is 0 Å². The van der Waals surface area contributed by atoms with Gasteiger partial charge in [0.05, 0.1) is 32.0 Å². The normalized spacial score (nSPS) is 28.0. The van der Waals surface area contributed by atoms with Crippen LogP contribution in [0.4, 0.5) is 0 Å². The van der Waals surface area contributed by atoms with E-state index in [1.165, 1.54) is 83.5 Å². The molecule has 12 atom stereocenters. The minimum atomic E-state index is -1.79. The van der Waals surface area contributed by atoms with Crippen LogP contribution in [-0.4, -0.2) is 140 Å². The molecule has 9 N–H and O–H groups in total. The minimum Gasteiger partial charge on any atom is -0.394 e. The molecule has 0 aromatic carbocycles. The van der Waals surface area contributed by atoms with Crippen molar-refractivity contribution in [3.63, 3.8) is 0 Å². The molecule has 62 heavy (non-hydrogen) atoms. The number of amides is 1. The molecule has 1 amide bonds. The van der Waals surface area contributed by atoms with Gasteiger partial charge in [-0.3, -0.25) is 4.79 Å². The molecule has 2 rings (SSSR count). The quantitative estimate of drug-likeness (QED) is 0.0279. The first kappa shape index (κ1) is 56.3. The smallest absolute Gasteiger partial charge is 0.220 e. The summed E-state index contributed by atoms with van der Waals surface area (Å²) >= 11 is 0. The second kappa shape index (κ2) is 35.5. The van der Waals surface area contributed by atoms with Crippen LogP contribution in [0.15, 0.2) is 36.5 Å². The summed E-state index contributed by atoms with van der Waals surface area (Å²) < 4.78 is 22.6. The lowest BCUT2D eigenvalue weighted by Crippen LogP contribution is -2.65. The summed E-state index contributed by atoms with van der Waals surface area (Å²) in [6.45, 7) is 2.69. The van der Waals surface area contributed by atoms with E-state index < -0.39 is 86.8 Å². The van der Waals surface area contributed by atoms with Crippen LogP contribution in [0.2, 0.25) is 0 Å². The fourth-order valence-electron chi connectivity index (χ4n) is 7.79. The number of allylic oxidation sites excluding steroid dienone is 5. The van der Waals surface area contributed by atoms with Crippen molar-refractivity contribution in [2.24, 2.45) is 0 Å². The van der Waals surface area contributed by atoms with Gasteiger partial charge in [0.25, 0.3) is 0 Å². The Morgan fingerprint density at radius 2 is 1.03 bits per heavy atom. The van der Waals surface area contributed by atoms with Gasteiger partial charge < -0.3 is 65.1 Å². The van der Waals surface area contributed by atoms with Crippen LogP contribution in [0.3, 0.4) is 0 Å². The number of hydrogen-bond donors (Lipinski definition) is 9. The van der Waals surface area contributed by atoms with Crippen molar-refractivity contribution in [2.45, 2.75) is 242 Å². The lowest BCUT2D eigenvalue weighted by atomic mass is 9.97. The van der Waals surface area contributed by atoms with Crippen LogP contribution < -0.4 is 5.32 Å². The summed E-state index contributed by atoms with van der Waals surface area (Å²) in [5, 5.41) is 86.3. The van der Waals surface area contributed by atoms with E-state index in [0.29, 0.717) is 12.8 Å². The van der Waals surface area contributed by atoms with Gasteiger partial charge in [0, 0.05) is 6.42 Å². The molecule has 12 unspecified atom stereocenters. The Balaban J connectivity index is 1.84. The number of hydrogen-bond acceptors (Lipinski definition) is 13. The van der Waals surface area contributed by atoms with Crippen LogP contribution in [0.1, 0.15) is 168 Å². The number of aliphatic hydroxyl groups excluding tert-OH is 8. The number of aliphatic hydroxyl groups is 8. The molecule has 0 bridgehead atoms. The van der Waals surface area contributed by atoms with Gasteiger partial charge in [0.15, 0.2) is 12.6 Å². The highest BCUT2D eigenvalue weighted by atomic mass is 16.7. The fraction of sp³-hybridized carbons (Fsp3) is 0.854. The first-order chi connectivity index (χ1) is 30.1. The van der Waals surface area contributed by atoms with E-state index >= 15 is 0 Å². The molecule has 0 aromatic rings. The third kappa shape index (κ3) is 22.9. The second-order valence-electron chi connectivity index (χ2n) is 17.2. The number of rotatable bonds is 36. The molecule has 362 valence electrons. The van der Waals surface area contributed by atoms with E-state index in [1.807, 2.05) is 6.08 Å². The highest BCUT2D eigenvalue weighted by Gasteiger charge is 2.51. The predicted molar refractivity (Wildman–Crippen MR) is 240 cm³/mol. The van der Waals surface area contributed by atoms with Gasteiger partial charge >= 0.3 is 0 Å². The monoisotopic (exact) mass is 886 g/mol. The van der Waals surface area contributed by atoms with Crippen molar-refractivity contribution in [2.75, 3.05) is 19.8 Å². The second-order valence-corrected chi connectivity index (χ2v) is 17.2. The SMILES string of the molecule is CCCCCCCCCCCCC/C=C/CC/C=C/CC/C=C/C(O)C(COC1OC(CO)C(OC2OC(CO)C(O)C(O)C2O)C(O)C1O)NC(=O)CCCCCCCCC. The molecule has 14 heteroatoms. The lowest BCUT2D eigenvalue weighted by Gasteiger charge is -2.46. The molecule has 2 aliphatic heterocycles. The van der Waals surface area contributed by atoms with E-state index in [-0.39, 0.29) is 18.9 Å². The number of nitrogens with one attached hydrogen (secondary N) is 1. The maximum Gasteiger partial charge on any atom is 0.220 e. The molecule has 0 aromatic heterocycles. The molecule has 2 aliphatic rings. The van der Waals surface area contributed by atoms with Crippen LogP contribution in [0.5, 0.6) is 0 Å². The van der Waals surface area contributed by atoms with Gasteiger partial charge in [-0.05, 0) is 44.9 Å². The number of ether oxygens (including phenoxy) is 4. The fourth-order valence-corrected chi connectivity index (χ4v) is 7.79. The van der Waals surface area contributed by atoms with Crippen molar-refractivity contribution >= 4 is 5.91 Å². The Kier molecular flexibility index (Phi) is 32.2. The third-order valence-electron chi connectivity index (χ3n) is 11.8. The van der Waals surface area contributed by atoms with Crippen LogP contribution >= 0.6 is 0 Å². The molecule has 0 spiro atoms. The Hall–Kier alpha value is -1.79. The molecular formula is C48H87NO13. The highest BCUT2D eigenvalue weighted by Crippen LogP contribution is 2.30. The van der Waals surface area contributed by atoms with Gasteiger partial charge in [-0.25, -0.2) is 0 Å². The van der Waals surface area contributed by atoms with Gasteiger partial charge in [0.2, 0.25) is 5.91 Å². The van der Waals surface area contributed by atoms with E-state index in [1.54, 1.807) is 6.08 Å². The minimum absolute atomic E-state index is 0.262. The molecule has 14 nitrogen and oxygen atoms in total. The Bertz CT molecular complexity index is 1190. The van der Waals surface area contributed by atoms with Gasteiger partial charge in [0.1, 0.15) is 48.8 Å². The van der Waals surface area contributed by atoms with Crippen molar-refractivity contribution < 1.29 is 64.6 Å². The van der Waals surface area contributed by atoms with E-state index in [4.69, 9.17) is 18.9 Å². The first-order valence-electron chi connectivity index (χ1n) is 24.2. The molecular weight excluding hydrogens is 799 g/mol. The van der Waals surface area contributed by atoms with E-state index in [2.05, 4.69) is 43.5 Å². The van der Waals surface area contributed by atoms with Crippen molar-refractivity contribution in [1.29, 1.82) is 0 Å². The number of unbranched alkanes of at least 4 members (excludes halogenated alkanes) is 19. The zero-order chi connectivity index (χ0) is 45.4. The van der Waals surface area contributed by atoms with Crippen molar-refractivity contribution in [3.05, 3.63) is 36.5 Å². The van der Waals surface area contributed by atoms with Gasteiger partial charge in [-0.2, -0.15) is 0 Å². The number of carbonyl (C=O) groups is 1. The lowest BCUT2D eigenvalue weighted by molar-refractivity contribution is -0.359. The summed E-state index contributed by atoms with van der Waals surface area (Å²) in [4.78, 5) is 13.0. The van der Waals surface area contributed by atoms with Gasteiger partial charge in [-0.1, -0.05) is 153 Å². The van der Waals surface area contributed by atoms with Crippen LogP contribution in [-0.2, 0) is 23.7 Å². The number of carbonyl (C=O) groups excluding carboxylic acids is 1. The van der Waals surface area contributed by atoms with Crippen molar-refractivity contribution in [1.82, 2.24) is 5.32 Å². The zero-order valence-electron chi connectivity index (χ0n) is 38.1. The average Bonchev–Trinajstić information content (AvgIpc) is 3.27. The standard InChI is InChI=1S/C48H87NO13/c1-3-5-7-9-11-12-13-14-15-16-17-18-19-20-21-22-23-24-26-27-29-31-37(52)36(49-40(53)32-30-28-25-10-8-6-4-2)35-59-47-45(58)43(56)46(39(34-51)61-47)62-48-44(57)42(55)41(54)38(33-50)60-48/h19-20,23-24,29,31,36-39,41-48,50-52,54-58H,3-18,21-22,25-28,30,32-35H2,1-2H3,(H,49,53)/b20-19+,24-23+,31-29+.